The Morgan fingerprint density at radius 3 is 2.74 bits per heavy atom. The minimum Gasteiger partial charge on any atom is -0.492 e. The molecule has 180 valence electrons. The van der Waals surface area contributed by atoms with Crippen LogP contribution in [-0.2, 0) is 10.9 Å². The number of ether oxygens (including phenoxy) is 2. The number of hydrogen-bond donors (Lipinski definition) is 3. The summed E-state index contributed by atoms with van der Waals surface area (Å²) in [7, 11) is 2.81. The number of aromatic nitrogens is 2. The Morgan fingerprint density at radius 2 is 2.03 bits per heavy atom. The summed E-state index contributed by atoms with van der Waals surface area (Å²) in [6.45, 7) is 0.679. The van der Waals surface area contributed by atoms with Gasteiger partial charge in [0.1, 0.15) is 0 Å². The van der Waals surface area contributed by atoms with E-state index in [2.05, 4.69) is 20.6 Å². The van der Waals surface area contributed by atoms with Crippen molar-refractivity contribution < 1.29 is 31.8 Å². The van der Waals surface area contributed by atoms with Crippen molar-refractivity contribution in [3.63, 3.8) is 0 Å². The number of benzene rings is 1. The average Bonchev–Trinajstić information content (AvgIpc) is 3.18. The van der Waals surface area contributed by atoms with Crippen molar-refractivity contribution in [3.05, 3.63) is 59.3 Å². The van der Waals surface area contributed by atoms with Gasteiger partial charge < -0.3 is 25.1 Å². The van der Waals surface area contributed by atoms with Crippen molar-refractivity contribution in [3.8, 4) is 17.0 Å². The fraction of sp³-hybridized carbons (Fsp3) is 0.304. The SMILES string of the molecule is COCCC1CNC(=O)c2c1[nH]c(-c1ccncc1C(F)(F)F)c2Nc1cccc(F)c1OC. The summed E-state index contributed by atoms with van der Waals surface area (Å²) in [6.07, 6.45) is -2.21. The van der Waals surface area contributed by atoms with E-state index in [4.69, 9.17) is 9.47 Å². The summed E-state index contributed by atoms with van der Waals surface area (Å²) in [5.74, 6) is -1.50. The highest BCUT2D eigenvalue weighted by atomic mass is 19.4. The molecular weight excluding hydrogens is 456 g/mol. The predicted octanol–water partition coefficient (Wildman–Crippen LogP) is 4.85. The Morgan fingerprint density at radius 1 is 1.24 bits per heavy atom. The van der Waals surface area contributed by atoms with E-state index in [0.717, 1.165) is 6.20 Å². The number of amides is 1. The maximum atomic E-state index is 14.3. The Labute approximate surface area is 192 Å². The average molecular weight is 478 g/mol. The highest BCUT2D eigenvalue weighted by Gasteiger charge is 2.38. The van der Waals surface area contributed by atoms with Gasteiger partial charge in [-0.3, -0.25) is 9.78 Å². The van der Waals surface area contributed by atoms with Gasteiger partial charge in [-0.15, -0.1) is 0 Å². The number of para-hydroxylation sites is 1. The molecule has 1 aromatic carbocycles. The van der Waals surface area contributed by atoms with Crippen LogP contribution in [0.2, 0.25) is 0 Å². The topological polar surface area (TPSA) is 88.3 Å². The largest absolute Gasteiger partial charge is 0.492 e. The van der Waals surface area contributed by atoms with Crippen LogP contribution in [0.4, 0.5) is 28.9 Å². The molecule has 0 aliphatic carbocycles. The number of nitrogens with one attached hydrogen (secondary N) is 3. The van der Waals surface area contributed by atoms with Gasteiger partial charge >= 0.3 is 6.18 Å². The maximum absolute atomic E-state index is 14.3. The Balaban J connectivity index is 1.96. The second kappa shape index (κ2) is 9.34. The summed E-state index contributed by atoms with van der Waals surface area (Å²) >= 11 is 0. The molecule has 7 nitrogen and oxygen atoms in total. The van der Waals surface area contributed by atoms with Crippen LogP contribution in [0.15, 0.2) is 36.7 Å². The third-order valence-electron chi connectivity index (χ3n) is 5.67. The fourth-order valence-electron chi connectivity index (χ4n) is 4.09. The molecular formula is C23H22F4N4O3. The van der Waals surface area contributed by atoms with Gasteiger partial charge in [-0.05, 0) is 24.6 Å². The Kier molecular flexibility index (Phi) is 6.47. The molecule has 3 aromatic rings. The lowest BCUT2D eigenvalue weighted by atomic mass is 9.93. The van der Waals surface area contributed by atoms with Gasteiger partial charge in [-0.2, -0.15) is 13.2 Å². The minimum atomic E-state index is -4.69. The van der Waals surface area contributed by atoms with Gasteiger partial charge in [0.05, 0.1) is 35.3 Å². The van der Waals surface area contributed by atoms with E-state index in [0.29, 0.717) is 25.3 Å². The number of carbonyl (C=O) groups excluding carboxylic acids is 1. The first-order valence-corrected chi connectivity index (χ1v) is 10.4. The summed E-state index contributed by atoms with van der Waals surface area (Å²) in [6, 6.07) is 5.34. The van der Waals surface area contributed by atoms with Crippen LogP contribution in [-0.4, -0.2) is 43.2 Å². The molecule has 1 amide bonds. The lowest BCUT2D eigenvalue weighted by Gasteiger charge is -2.23. The summed E-state index contributed by atoms with van der Waals surface area (Å²) in [4.78, 5) is 19.6. The molecule has 0 spiro atoms. The van der Waals surface area contributed by atoms with E-state index >= 15 is 0 Å². The number of halogens is 4. The molecule has 0 saturated heterocycles. The molecule has 2 aromatic heterocycles. The van der Waals surface area contributed by atoms with Gasteiger partial charge in [0, 0.05) is 49.8 Å². The molecule has 3 heterocycles. The number of carbonyl (C=O) groups is 1. The molecule has 0 fully saturated rings. The normalized spacial score (nSPS) is 15.6. The summed E-state index contributed by atoms with van der Waals surface area (Å²) in [5.41, 5.74) is -0.289. The van der Waals surface area contributed by atoms with E-state index < -0.39 is 23.5 Å². The summed E-state index contributed by atoms with van der Waals surface area (Å²) < 4.78 is 66.1. The fourth-order valence-corrected chi connectivity index (χ4v) is 4.09. The number of methoxy groups -OCH3 is 2. The molecule has 1 aliphatic rings. The van der Waals surface area contributed by atoms with Gasteiger partial charge in [0.25, 0.3) is 5.91 Å². The van der Waals surface area contributed by atoms with Crippen LogP contribution in [0.1, 0.15) is 34.0 Å². The maximum Gasteiger partial charge on any atom is 0.418 e. The van der Waals surface area contributed by atoms with Crippen molar-refractivity contribution in [1.82, 2.24) is 15.3 Å². The molecule has 0 radical (unpaired) electrons. The number of nitrogens with zero attached hydrogens (tertiary/aromatic N) is 1. The molecule has 34 heavy (non-hydrogen) atoms. The van der Waals surface area contributed by atoms with Crippen molar-refractivity contribution in [2.24, 2.45) is 0 Å². The number of alkyl halides is 3. The molecule has 1 unspecified atom stereocenters. The second-order valence-electron chi connectivity index (χ2n) is 7.72. The molecule has 3 N–H and O–H groups in total. The zero-order valence-electron chi connectivity index (χ0n) is 18.3. The van der Waals surface area contributed by atoms with Crippen LogP contribution in [0.3, 0.4) is 0 Å². The zero-order valence-corrected chi connectivity index (χ0v) is 18.3. The van der Waals surface area contributed by atoms with Crippen LogP contribution in [0.25, 0.3) is 11.3 Å². The lowest BCUT2D eigenvalue weighted by molar-refractivity contribution is -0.137. The number of hydrogen-bond acceptors (Lipinski definition) is 5. The third-order valence-corrected chi connectivity index (χ3v) is 5.67. The molecule has 0 saturated carbocycles. The highest BCUT2D eigenvalue weighted by Crippen LogP contribution is 2.45. The first kappa shape index (κ1) is 23.6. The van der Waals surface area contributed by atoms with Crippen LogP contribution in [0, 0.1) is 5.82 Å². The van der Waals surface area contributed by atoms with Gasteiger partial charge in [0.2, 0.25) is 0 Å². The first-order chi connectivity index (χ1) is 16.3. The van der Waals surface area contributed by atoms with E-state index in [9.17, 15) is 22.4 Å². The number of fused-ring (bicyclic) bond motifs is 1. The van der Waals surface area contributed by atoms with Crippen molar-refractivity contribution >= 4 is 17.3 Å². The van der Waals surface area contributed by atoms with Crippen molar-refractivity contribution in [1.29, 1.82) is 0 Å². The van der Waals surface area contributed by atoms with Crippen molar-refractivity contribution in [2.45, 2.75) is 18.5 Å². The van der Waals surface area contributed by atoms with E-state index in [1.807, 2.05) is 0 Å². The quantitative estimate of drug-likeness (QED) is 0.423. The zero-order chi connectivity index (χ0) is 24.5. The second-order valence-corrected chi connectivity index (χ2v) is 7.72. The standard InChI is InChI=1S/C23H22F4N4O3/c1-33-9-7-12-10-29-22(32)17-18(12)31-19(13-6-8-28-11-14(13)23(25,26)27)20(17)30-16-5-3-4-15(24)21(16)34-2/h3-6,8,11-12,30-31H,7,9-10H2,1-2H3,(H,29,32). The minimum absolute atomic E-state index is 0.0329. The molecule has 1 aliphatic heterocycles. The van der Waals surface area contributed by atoms with Crippen LogP contribution >= 0.6 is 0 Å². The van der Waals surface area contributed by atoms with Crippen LogP contribution < -0.4 is 15.4 Å². The van der Waals surface area contributed by atoms with Gasteiger partial charge in [-0.1, -0.05) is 6.07 Å². The molecule has 1 atom stereocenters. The Hall–Kier alpha value is -3.60. The van der Waals surface area contributed by atoms with Gasteiger partial charge in [0.15, 0.2) is 11.6 Å². The predicted molar refractivity (Wildman–Crippen MR) is 117 cm³/mol. The third kappa shape index (κ3) is 4.30. The van der Waals surface area contributed by atoms with E-state index in [1.54, 1.807) is 0 Å². The van der Waals surface area contributed by atoms with E-state index in [-0.39, 0.29) is 39.9 Å². The van der Waals surface area contributed by atoms with E-state index in [1.165, 1.54) is 44.7 Å². The number of aromatic amines is 1. The molecule has 4 rings (SSSR count). The smallest absolute Gasteiger partial charge is 0.418 e. The molecule has 11 heteroatoms. The monoisotopic (exact) mass is 478 g/mol. The van der Waals surface area contributed by atoms with Crippen molar-refractivity contribution in [2.75, 3.05) is 32.7 Å². The number of pyridine rings is 1. The number of anilines is 2. The number of H-pyrrole nitrogens is 1. The first-order valence-electron chi connectivity index (χ1n) is 10.4. The highest BCUT2D eigenvalue weighted by molar-refractivity contribution is 6.06. The van der Waals surface area contributed by atoms with Crippen LogP contribution in [0.5, 0.6) is 5.75 Å². The Bertz CT molecular complexity index is 1210. The number of rotatable bonds is 7. The molecule has 0 bridgehead atoms. The van der Waals surface area contributed by atoms with Gasteiger partial charge in [-0.25, -0.2) is 4.39 Å². The summed E-state index contributed by atoms with van der Waals surface area (Å²) in [5, 5.41) is 5.73. The lowest BCUT2D eigenvalue weighted by Crippen LogP contribution is -2.35.